The smallest absolute Gasteiger partial charge is 0.122 e. The Kier molecular flexibility index (Phi) is 3.95. The predicted molar refractivity (Wildman–Crippen MR) is 81.3 cm³/mol. The van der Waals surface area contributed by atoms with Crippen molar-refractivity contribution < 1.29 is 4.74 Å². The second-order valence-electron chi connectivity index (χ2n) is 4.54. The van der Waals surface area contributed by atoms with Gasteiger partial charge in [-0.15, -0.1) is 0 Å². The molecule has 0 aliphatic heterocycles. The van der Waals surface area contributed by atoms with Crippen LogP contribution in [0.15, 0.2) is 42.5 Å². The van der Waals surface area contributed by atoms with Crippen LogP contribution < -0.4 is 15.4 Å². The fourth-order valence-corrected chi connectivity index (χ4v) is 2.04. The van der Waals surface area contributed by atoms with Gasteiger partial charge in [0.15, 0.2) is 0 Å². The van der Waals surface area contributed by atoms with Gasteiger partial charge >= 0.3 is 0 Å². The third-order valence-corrected chi connectivity index (χ3v) is 3.10. The number of nitrogens with zero attached hydrogens (tertiary/aromatic N) is 1. The fourth-order valence-electron chi connectivity index (χ4n) is 2.04. The molecule has 0 spiro atoms. The molecule has 0 amide bonds. The normalized spacial score (nSPS) is 10.3. The summed E-state index contributed by atoms with van der Waals surface area (Å²) in [4.78, 5) is 2.11. The number of benzene rings is 2. The molecule has 19 heavy (non-hydrogen) atoms. The molecule has 0 fully saturated rings. The molecule has 3 nitrogen and oxygen atoms in total. The molecule has 0 saturated heterocycles. The molecule has 0 atom stereocenters. The van der Waals surface area contributed by atoms with E-state index < -0.39 is 0 Å². The van der Waals surface area contributed by atoms with Crippen LogP contribution in [0.25, 0.3) is 0 Å². The Morgan fingerprint density at radius 3 is 2.47 bits per heavy atom. The fraction of sp³-hybridized carbons (Fsp3) is 0.250. The SMILES string of the molecule is CCOc1ccc(N(C)c2cccc(N)c2)cc1C. The zero-order chi connectivity index (χ0) is 13.8. The lowest BCUT2D eigenvalue weighted by Gasteiger charge is -2.21. The Labute approximate surface area is 114 Å². The van der Waals surface area contributed by atoms with Crippen LogP contribution in [0.2, 0.25) is 0 Å². The van der Waals surface area contributed by atoms with Crippen molar-refractivity contribution in [3.05, 3.63) is 48.0 Å². The van der Waals surface area contributed by atoms with Crippen molar-refractivity contribution in [3.8, 4) is 5.75 Å². The number of anilines is 3. The van der Waals surface area contributed by atoms with Crippen molar-refractivity contribution in [2.45, 2.75) is 13.8 Å². The Balaban J connectivity index is 2.29. The maximum Gasteiger partial charge on any atom is 0.122 e. The molecule has 2 aromatic rings. The van der Waals surface area contributed by atoms with Crippen LogP contribution in [0, 0.1) is 6.92 Å². The van der Waals surface area contributed by atoms with Gasteiger partial charge in [0.1, 0.15) is 5.75 Å². The van der Waals surface area contributed by atoms with E-state index in [1.807, 2.05) is 44.3 Å². The van der Waals surface area contributed by atoms with Crippen LogP contribution in [0.5, 0.6) is 5.75 Å². The molecule has 0 heterocycles. The summed E-state index contributed by atoms with van der Waals surface area (Å²) in [5, 5.41) is 0. The van der Waals surface area contributed by atoms with Gasteiger partial charge in [-0.05, 0) is 55.8 Å². The van der Waals surface area contributed by atoms with E-state index in [4.69, 9.17) is 10.5 Å². The minimum Gasteiger partial charge on any atom is -0.494 e. The van der Waals surface area contributed by atoms with E-state index in [1.54, 1.807) is 0 Å². The highest BCUT2D eigenvalue weighted by Crippen LogP contribution is 2.29. The van der Waals surface area contributed by atoms with Crippen LogP contribution in [0.3, 0.4) is 0 Å². The van der Waals surface area contributed by atoms with Crippen LogP contribution in [0.1, 0.15) is 12.5 Å². The first-order valence-corrected chi connectivity index (χ1v) is 6.44. The lowest BCUT2D eigenvalue weighted by molar-refractivity contribution is 0.338. The first kappa shape index (κ1) is 13.3. The van der Waals surface area contributed by atoms with E-state index in [2.05, 4.69) is 24.0 Å². The summed E-state index contributed by atoms with van der Waals surface area (Å²) >= 11 is 0. The standard InChI is InChI=1S/C16H20N2O/c1-4-19-16-9-8-15(10-12(16)2)18(3)14-7-5-6-13(17)11-14/h5-11H,4,17H2,1-3H3. The quantitative estimate of drug-likeness (QED) is 0.847. The Morgan fingerprint density at radius 2 is 1.84 bits per heavy atom. The van der Waals surface area contributed by atoms with Gasteiger partial charge in [0.05, 0.1) is 6.61 Å². The van der Waals surface area contributed by atoms with E-state index in [0.29, 0.717) is 6.61 Å². The van der Waals surface area contributed by atoms with E-state index in [1.165, 1.54) is 0 Å². The molecule has 100 valence electrons. The highest BCUT2D eigenvalue weighted by Gasteiger charge is 2.07. The van der Waals surface area contributed by atoms with Gasteiger partial charge in [0, 0.05) is 24.1 Å². The van der Waals surface area contributed by atoms with Crippen molar-refractivity contribution in [1.82, 2.24) is 0 Å². The largest absolute Gasteiger partial charge is 0.494 e. The molecular weight excluding hydrogens is 236 g/mol. The monoisotopic (exact) mass is 256 g/mol. The summed E-state index contributed by atoms with van der Waals surface area (Å²) in [5.41, 5.74) is 9.92. The molecule has 0 aliphatic carbocycles. The van der Waals surface area contributed by atoms with Crippen molar-refractivity contribution in [2.75, 3.05) is 24.3 Å². The minimum atomic E-state index is 0.686. The third-order valence-electron chi connectivity index (χ3n) is 3.10. The van der Waals surface area contributed by atoms with Gasteiger partial charge in [-0.2, -0.15) is 0 Å². The van der Waals surface area contributed by atoms with Crippen molar-refractivity contribution in [3.63, 3.8) is 0 Å². The first-order valence-electron chi connectivity index (χ1n) is 6.44. The van der Waals surface area contributed by atoms with Gasteiger partial charge in [-0.1, -0.05) is 6.07 Å². The predicted octanol–water partition coefficient (Wildman–Crippen LogP) is 3.74. The maximum atomic E-state index is 5.82. The average Bonchev–Trinajstić information content (AvgIpc) is 2.40. The van der Waals surface area contributed by atoms with Gasteiger partial charge in [-0.25, -0.2) is 0 Å². The summed E-state index contributed by atoms with van der Waals surface area (Å²) < 4.78 is 5.56. The van der Waals surface area contributed by atoms with Crippen LogP contribution in [-0.4, -0.2) is 13.7 Å². The van der Waals surface area contributed by atoms with Crippen LogP contribution in [0.4, 0.5) is 17.1 Å². The minimum absolute atomic E-state index is 0.686. The zero-order valence-electron chi connectivity index (χ0n) is 11.7. The highest BCUT2D eigenvalue weighted by atomic mass is 16.5. The summed E-state index contributed by atoms with van der Waals surface area (Å²) in [6.07, 6.45) is 0. The summed E-state index contributed by atoms with van der Waals surface area (Å²) in [7, 11) is 2.03. The molecule has 0 saturated carbocycles. The van der Waals surface area contributed by atoms with Gasteiger partial charge in [-0.3, -0.25) is 0 Å². The average molecular weight is 256 g/mol. The lowest BCUT2D eigenvalue weighted by Crippen LogP contribution is -2.10. The molecule has 0 unspecified atom stereocenters. The molecular formula is C16H20N2O. The Morgan fingerprint density at radius 1 is 1.11 bits per heavy atom. The van der Waals surface area contributed by atoms with Crippen molar-refractivity contribution >= 4 is 17.1 Å². The number of nitrogen functional groups attached to an aromatic ring is 1. The van der Waals surface area contributed by atoms with E-state index >= 15 is 0 Å². The molecule has 0 aliphatic rings. The molecule has 2 rings (SSSR count). The topological polar surface area (TPSA) is 38.5 Å². The number of hydrogen-bond acceptors (Lipinski definition) is 3. The second kappa shape index (κ2) is 5.65. The molecule has 0 aromatic heterocycles. The number of aryl methyl sites for hydroxylation is 1. The molecule has 2 N–H and O–H groups in total. The van der Waals surface area contributed by atoms with Crippen LogP contribution >= 0.6 is 0 Å². The van der Waals surface area contributed by atoms with Gasteiger partial charge in [0.25, 0.3) is 0 Å². The summed E-state index contributed by atoms with van der Waals surface area (Å²) in [6.45, 7) is 4.74. The van der Waals surface area contributed by atoms with E-state index in [9.17, 15) is 0 Å². The number of ether oxygens (including phenoxy) is 1. The van der Waals surface area contributed by atoms with Gasteiger partial charge in [0.2, 0.25) is 0 Å². The van der Waals surface area contributed by atoms with Crippen molar-refractivity contribution in [1.29, 1.82) is 0 Å². The third kappa shape index (κ3) is 2.99. The maximum absolute atomic E-state index is 5.82. The summed E-state index contributed by atoms with van der Waals surface area (Å²) in [6, 6.07) is 14.0. The van der Waals surface area contributed by atoms with Crippen LogP contribution in [-0.2, 0) is 0 Å². The molecule has 3 heteroatoms. The highest BCUT2D eigenvalue weighted by molar-refractivity contribution is 5.67. The summed E-state index contributed by atoms with van der Waals surface area (Å²) in [5.74, 6) is 0.937. The lowest BCUT2D eigenvalue weighted by atomic mass is 10.1. The molecule has 0 bridgehead atoms. The van der Waals surface area contributed by atoms with Crippen molar-refractivity contribution in [2.24, 2.45) is 0 Å². The molecule has 2 aromatic carbocycles. The van der Waals surface area contributed by atoms with E-state index in [0.717, 1.165) is 28.4 Å². The Hall–Kier alpha value is -2.16. The number of nitrogens with two attached hydrogens (primary N) is 1. The second-order valence-corrected chi connectivity index (χ2v) is 4.54. The first-order chi connectivity index (χ1) is 9.11. The Bertz CT molecular complexity index is 566. The molecule has 0 radical (unpaired) electrons. The van der Waals surface area contributed by atoms with Gasteiger partial charge < -0.3 is 15.4 Å². The van der Waals surface area contributed by atoms with E-state index in [-0.39, 0.29) is 0 Å². The zero-order valence-corrected chi connectivity index (χ0v) is 11.7. The number of hydrogen-bond donors (Lipinski definition) is 1. The number of rotatable bonds is 4.